The molecule has 0 fully saturated rings. The third-order valence-electron chi connectivity index (χ3n) is 5.04. The van der Waals surface area contributed by atoms with E-state index in [0.717, 1.165) is 35.3 Å². The van der Waals surface area contributed by atoms with Gasteiger partial charge in [0.15, 0.2) is 11.6 Å². The molecule has 0 saturated carbocycles. The first-order valence-electron chi connectivity index (χ1n) is 8.55. The normalized spacial score (nSPS) is 20.3. The predicted molar refractivity (Wildman–Crippen MR) is 100 cm³/mol. The summed E-state index contributed by atoms with van der Waals surface area (Å²) in [6, 6.07) is 9.92. The van der Waals surface area contributed by atoms with E-state index in [0.29, 0.717) is 12.0 Å². The fraction of sp³-hybridized carbons (Fsp3) is 0.286. The highest BCUT2D eigenvalue weighted by atomic mass is 19.2. The summed E-state index contributed by atoms with van der Waals surface area (Å²) in [6.07, 6.45) is 3.53. The summed E-state index contributed by atoms with van der Waals surface area (Å²) < 4.78 is 32.4. The van der Waals surface area contributed by atoms with Crippen LogP contribution in [0.4, 0.5) is 14.5 Å². The minimum Gasteiger partial charge on any atom is -0.497 e. The van der Waals surface area contributed by atoms with Gasteiger partial charge in [0.2, 0.25) is 0 Å². The molecule has 3 rings (SSSR count). The second-order valence-corrected chi connectivity index (χ2v) is 6.60. The van der Waals surface area contributed by atoms with Gasteiger partial charge in [0.1, 0.15) is 5.75 Å². The molecule has 1 N–H and O–H groups in total. The standard InChI is InChI=1S/C21H22F2N2O/c1-4-25-19-8-6-15(26-3)12-16(19)21(2,20(25)9-10-24)13-14-5-7-17(22)18(23)11-14/h5-12,24H,4,13H2,1-3H3/b20-9-,24-10?. The quantitative estimate of drug-likeness (QED) is 0.778. The molecule has 0 bridgehead atoms. The smallest absolute Gasteiger partial charge is 0.159 e. The molecule has 1 heterocycles. The third-order valence-corrected chi connectivity index (χ3v) is 5.04. The molecule has 0 spiro atoms. The zero-order chi connectivity index (χ0) is 18.9. The van der Waals surface area contributed by atoms with Crippen LogP contribution in [0, 0.1) is 17.0 Å². The molecular weight excluding hydrogens is 334 g/mol. The summed E-state index contributed by atoms with van der Waals surface area (Å²) in [4.78, 5) is 2.15. The van der Waals surface area contributed by atoms with Crippen LogP contribution in [0.1, 0.15) is 25.0 Å². The van der Waals surface area contributed by atoms with Crippen LogP contribution in [0.15, 0.2) is 48.2 Å². The van der Waals surface area contributed by atoms with Crippen LogP contribution < -0.4 is 9.64 Å². The molecule has 2 aromatic carbocycles. The molecule has 0 aromatic heterocycles. The minimum absolute atomic E-state index is 0.484. The fourth-order valence-corrected chi connectivity index (χ4v) is 3.82. The Morgan fingerprint density at radius 2 is 1.92 bits per heavy atom. The topological polar surface area (TPSA) is 36.3 Å². The highest BCUT2D eigenvalue weighted by molar-refractivity contribution is 5.79. The van der Waals surface area contributed by atoms with Crippen LogP contribution in [-0.4, -0.2) is 19.9 Å². The number of benzene rings is 2. The first-order chi connectivity index (χ1) is 12.4. The van der Waals surface area contributed by atoms with Crippen LogP contribution in [0.25, 0.3) is 0 Å². The highest BCUT2D eigenvalue weighted by Gasteiger charge is 2.43. The van der Waals surface area contributed by atoms with Crippen LogP contribution in [0.2, 0.25) is 0 Å². The molecule has 1 aliphatic rings. The lowest BCUT2D eigenvalue weighted by molar-refractivity contribution is 0.413. The Bertz CT molecular complexity index is 878. The van der Waals surface area contributed by atoms with Gasteiger partial charge in [0.05, 0.1) is 7.11 Å². The zero-order valence-corrected chi connectivity index (χ0v) is 15.1. The Morgan fingerprint density at radius 3 is 2.54 bits per heavy atom. The number of nitrogens with zero attached hydrogens (tertiary/aromatic N) is 1. The van der Waals surface area contributed by atoms with E-state index in [2.05, 4.69) is 18.7 Å². The number of methoxy groups -OCH3 is 1. The number of halogens is 2. The van der Waals surface area contributed by atoms with E-state index in [1.54, 1.807) is 19.3 Å². The fourth-order valence-electron chi connectivity index (χ4n) is 3.82. The first-order valence-corrected chi connectivity index (χ1v) is 8.55. The van der Waals surface area contributed by atoms with Crippen molar-refractivity contribution in [2.24, 2.45) is 0 Å². The van der Waals surface area contributed by atoms with Crippen molar-refractivity contribution < 1.29 is 13.5 Å². The molecule has 26 heavy (non-hydrogen) atoms. The average molecular weight is 356 g/mol. The van der Waals surface area contributed by atoms with Gasteiger partial charge in [-0.3, -0.25) is 0 Å². The van der Waals surface area contributed by atoms with E-state index in [9.17, 15) is 8.78 Å². The van der Waals surface area contributed by atoms with Gasteiger partial charge in [0.25, 0.3) is 0 Å². The summed E-state index contributed by atoms with van der Waals surface area (Å²) in [5.74, 6) is -0.954. The van der Waals surface area contributed by atoms with Crippen molar-refractivity contribution in [3.8, 4) is 5.75 Å². The number of hydrogen-bond acceptors (Lipinski definition) is 3. The molecule has 2 aromatic rings. The lowest BCUT2D eigenvalue weighted by Crippen LogP contribution is -2.30. The Morgan fingerprint density at radius 1 is 1.15 bits per heavy atom. The molecule has 0 radical (unpaired) electrons. The molecule has 1 atom stereocenters. The molecule has 0 saturated heterocycles. The van der Waals surface area contributed by atoms with E-state index in [4.69, 9.17) is 10.1 Å². The van der Waals surface area contributed by atoms with Gasteiger partial charge in [-0.15, -0.1) is 0 Å². The van der Waals surface area contributed by atoms with Crippen molar-refractivity contribution in [1.29, 1.82) is 5.41 Å². The monoisotopic (exact) mass is 356 g/mol. The average Bonchev–Trinajstić information content (AvgIpc) is 2.86. The minimum atomic E-state index is -0.849. The van der Waals surface area contributed by atoms with Gasteiger partial charge in [-0.05, 0) is 67.8 Å². The number of allylic oxidation sites excluding steroid dienone is 2. The lowest BCUT2D eigenvalue weighted by atomic mass is 9.76. The Balaban J connectivity index is 2.16. The van der Waals surface area contributed by atoms with Crippen LogP contribution in [0.3, 0.4) is 0 Å². The Hall–Kier alpha value is -2.69. The maximum absolute atomic E-state index is 13.7. The van der Waals surface area contributed by atoms with E-state index >= 15 is 0 Å². The van der Waals surface area contributed by atoms with Gasteiger partial charge < -0.3 is 15.0 Å². The maximum atomic E-state index is 13.7. The Kier molecular flexibility index (Phi) is 4.81. The number of hydrogen-bond donors (Lipinski definition) is 1. The van der Waals surface area contributed by atoms with Crippen LogP contribution in [0.5, 0.6) is 5.75 Å². The van der Waals surface area contributed by atoms with Crippen molar-refractivity contribution in [3.05, 3.63) is 70.9 Å². The number of rotatable bonds is 5. The first kappa shape index (κ1) is 18.1. The van der Waals surface area contributed by atoms with Crippen molar-refractivity contribution in [1.82, 2.24) is 0 Å². The van der Waals surface area contributed by atoms with Crippen molar-refractivity contribution >= 4 is 11.9 Å². The summed E-state index contributed by atoms with van der Waals surface area (Å²) in [5, 5.41) is 7.57. The van der Waals surface area contributed by atoms with E-state index in [1.807, 2.05) is 18.2 Å². The summed E-state index contributed by atoms with van der Waals surface area (Å²) >= 11 is 0. The van der Waals surface area contributed by atoms with Gasteiger partial charge >= 0.3 is 0 Å². The number of likely N-dealkylation sites (N-methyl/N-ethyl adjacent to an activating group) is 1. The summed E-state index contributed by atoms with van der Waals surface area (Å²) in [5.41, 5.74) is 3.28. The molecular formula is C21H22F2N2O. The maximum Gasteiger partial charge on any atom is 0.159 e. The molecule has 136 valence electrons. The largest absolute Gasteiger partial charge is 0.497 e. The highest BCUT2D eigenvalue weighted by Crippen LogP contribution is 2.50. The van der Waals surface area contributed by atoms with Crippen molar-refractivity contribution in [2.75, 3.05) is 18.6 Å². The van der Waals surface area contributed by atoms with Crippen molar-refractivity contribution in [3.63, 3.8) is 0 Å². The number of anilines is 1. The predicted octanol–water partition coefficient (Wildman–Crippen LogP) is 4.85. The van der Waals surface area contributed by atoms with E-state index in [-0.39, 0.29) is 0 Å². The van der Waals surface area contributed by atoms with Gasteiger partial charge in [-0.2, -0.15) is 0 Å². The molecule has 0 aliphatic carbocycles. The Labute approximate surface area is 152 Å². The van der Waals surface area contributed by atoms with E-state index < -0.39 is 17.0 Å². The van der Waals surface area contributed by atoms with Gasteiger partial charge in [0, 0.05) is 29.6 Å². The van der Waals surface area contributed by atoms with Gasteiger partial charge in [-0.25, -0.2) is 8.78 Å². The molecule has 5 heteroatoms. The molecule has 0 amide bonds. The second-order valence-electron chi connectivity index (χ2n) is 6.60. The number of fused-ring (bicyclic) bond motifs is 1. The number of ether oxygens (including phenoxy) is 1. The third kappa shape index (κ3) is 2.87. The second kappa shape index (κ2) is 6.90. The van der Waals surface area contributed by atoms with Crippen LogP contribution >= 0.6 is 0 Å². The summed E-state index contributed by atoms with van der Waals surface area (Å²) in [7, 11) is 1.62. The summed E-state index contributed by atoms with van der Waals surface area (Å²) in [6.45, 7) is 4.86. The molecule has 1 aliphatic heterocycles. The van der Waals surface area contributed by atoms with Gasteiger partial charge in [-0.1, -0.05) is 6.07 Å². The zero-order valence-electron chi connectivity index (χ0n) is 15.1. The number of nitrogens with one attached hydrogen (secondary N) is 1. The molecule has 3 nitrogen and oxygen atoms in total. The van der Waals surface area contributed by atoms with Crippen molar-refractivity contribution in [2.45, 2.75) is 25.7 Å². The lowest BCUT2D eigenvalue weighted by Gasteiger charge is -2.30. The van der Waals surface area contributed by atoms with E-state index in [1.165, 1.54) is 12.3 Å². The van der Waals surface area contributed by atoms with Crippen LogP contribution in [-0.2, 0) is 11.8 Å². The SMILES string of the molecule is CCN1/C(=C\C=N)C(C)(Cc2ccc(F)c(F)c2)c2cc(OC)ccc21. The molecule has 1 unspecified atom stereocenters.